The molecule has 0 heterocycles. The van der Waals surface area contributed by atoms with Crippen molar-refractivity contribution in [1.29, 1.82) is 0 Å². The Labute approximate surface area is 98.6 Å². The van der Waals surface area contributed by atoms with E-state index in [9.17, 15) is 0 Å². The fraction of sp³-hybridized carbons (Fsp3) is 0.500. The van der Waals surface area contributed by atoms with E-state index in [-0.39, 0.29) is 0 Å². The van der Waals surface area contributed by atoms with E-state index < -0.39 is 0 Å². The van der Waals surface area contributed by atoms with Crippen LogP contribution < -0.4 is 5.73 Å². The van der Waals surface area contributed by atoms with Gasteiger partial charge in [-0.15, -0.1) is 0 Å². The summed E-state index contributed by atoms with van der Waals surface area (Å²) in [6.45, 7) is 1.56. The predicted molar refractivity (Wildman–Crippen MR) is 51.8 cm³/mol. The van der Waals surface area contributed by atoms with Gasteiger partial charge in [-0.3, -0.25) is 0 Å². The van der Waals surface area contributed by atoms with Crippen LogP contribution in [0.1, 0.15) is 6.92 Å². The second-order valence-corrected chi connectivity index (χ2v) is 0.753. The zero-order valence-corrected chi connectivity index (χ0v) is 11.7. The maximum atomic E-state index is 8.33. The minimum Gasteiger partial charge on any atom is -1.00 e. The Hall–Kier alpha value is 1.16. The molecule has 70 valence electrons. The van der Waals surface area contributed by atoms with Gasteiger partial charge in [0.15, 0.2) is 0 Å². The topological polar surface area (TPSA) is 79.2 Å². The first kappa shape index (κ1) is 22.7. The molecule has 0 aliphatic rings. The van der Waals surface area contributed by atoms with Crippen molar-refractivity contribution in [3.63, 3.8) is 0 Å². The second kappa shape index (κ2) is 43.3. The molecular weight excluding hydrogens is 394 g/mol. The summed E-state index contributed by atoms with van der Waals surface area (Å²) >= 11 is 15.0. The summed E-state index contributed by atoms with van der Waals surface area (Å²) in [7, 11) is 0. The number of amidine groups is 1. The Morgan fingerprint density at radius 3 is 1.45 bits per heavy atom. The monoisotopic (exact) mass is 400 g/mol. The standard InChI is InChI=1S/C2H6N3.O.2S2.W/c1-2(3)5-4;;2*1-2;/h4H,1H3,(H2,3,5);;;;/q-1;;2*-2;. The van der Waals surface area contributed by atoms with Crippen LogP contribution in [-0.4, -0.2) is 5.84 Å². The molecule has 9 heteroatoms. The van der Waals surface area contributed by atoms with E-state index in [4.69, 9.17) is 15.0 Å². The van der Waals surface area contributed by atoms with E-state index in [0.29, 0.717) is 25.6 Å². The van der Waals surface area contributed by atoms with Crippen LogP contribution in [0, 0.1) is 0 Å². The second-order valence-electron chi connectivity index (χ2n) is 0.753. The van der Waals surface area contributed by atoms with Crippen molar-refractivity contribution in [2.75, 3.05) is 0 Å². The van der Waals surface area contributed by atoms with E-state index >= 15 is 0 Å². The fourth-order valence-electron chi connectivity index (χ4n) is 0. The average molecular weight is 400 g/mol. The molecule has 0 aromatic rings. The van der Waals surface area contributed by atoms with Crippen molar-refractivity contribution in [1.82, 2.24) is 0 Å². The number of rotatable bonds is 0. The van der Waals surface area contributed by atoms with Crippen molar-refractivity contribution < 1.29 is 23.2 Å². The molecule has 0 aliphatic heterocycles. The molecule has 3 N–H and O–H groups in total. The first-order chi connectivity index (χ1) is 5.27. The molecule has 0 radical (unpaired) electrons. The number of nitrogens with zero attached hydrogens (tertiary/aromatic N) is 1. The van der Waals surface area contributed by atoms with Gasteiger partial charge in [-0.2, -0.15) is 0 Å². The van der Waals surface area contributed by atoms with Gasteiger partial charge >= 0.3 is 23.2 Å². The van der Waals surface area contributed by atoms with Crippen molar-refractivity contribution in [2.24, 2.45) is 10.8 Å². The van der Waals surface area contributed by atoms with Crippen LogP contribution >= 0.6 is 0 Å². The zero-order chi connectivity index (χ0) is 10.3. The average Bonchev–Trinajstić information content (AvgIpc) is 2.15. The van der Waals surface area contributed by atoms with Gasteiger partial charge in [0.25, 0.3) is 0 Å². The number of hydrogen-bond acceptors (Lipinski definition) is 6. The Balaban J connectivity index is -0.0000000350. The molecule has 0 unspecified atom stereocenters. The maximum absolute atomic E-state index is 8.33. The Morgan fingerprint density at radius 2 is 1.45 bits per heavy atom. The summed E-state index contributed by atoms with van der Waals surface area (Å²) < 4.78 is 8.33. The van der Waals surface area contributed by atoms with Crippen molar-refractivity contribution >= 4 is 52.5 Å². The van der Waals surface area contributed by atoms with Gasteiger partial charge in [-0.1, -0.05) is 0 Å². The first-order valence-electron chi connectivity index (χ1n) is 1.74. The molecule has 0 bridgehead atoms. The third kappa shape index (κ3) is 93.8. The van der Waals surface area contributed by atoms with Gasteiger partial charge in [-0.05, 0) is 6.92 Å². The molecule has 0 amide bonds. The van der Waals surface area contributed by atoms with Crippen LogP contribution in [0.4, 0.5) is 0 Å². The van der Waals surface area contributed by atoms with E-state index in [2.05, 4.69) is 51.7 Å². The normalized spacial score (nSPS) is 6.82. The van der Waals surface area contributed by atoms with Crippen molar-refractivity contribution in [3.8, 4) is 0 Å². The Kier molecular flexibility index (Phi) is 89.5. The number of nitrogens with one attached hydrogen (secondary N) is 1. The van der Waals surface area contributed by atoms with E-state index in [1.165, 1.54) is 0 Å². The molecule has 11 heavy (non-hydrogen) atoms. The molecule has 0 aliphatic carbocycles. The predicted octanol–water partition coefficient (Wildman–Crippen LogP) is 0.200. The van der Waals surface area contributed by atoms with E-state index in [1.807, 2.05) is 0 Å². The van der Waals surface area contributed by atoms with Gasteiger partial charge in [0.05, 0.1) is 5.84 Å². The Bertz CT molecular complexity index is 70.4. The third-order valence-electron chi connectivity index (χ3n) is 0.176. The summed E-state index contributed by atoms with van der Waals surface area (Å²) in [5.41, 5.74) is 4.85. The van der Waals surface area contributed by atoms with Gasteiger partial charge in [0, 0.05) is 0 Å². The summed E-state index contributed by atoms with van der Waals surface area (Å²) in [6.07, 6.45) is 0. The molecular formula is C2H6N3OS4W-5. The molecule has 0 spiro atoms. The minimum atomic E-state index is 0.296. The minimum absolute atomic E-state index is 0.296. The summed E-state index contributed by atoms with van der Waals surface area (Å²) in [5, 5.41) is 2.83. The van der Waals surface area contributed by atoms with Crippen LogP contribution in [-0.2, 0) is 69.8 Å². The molecule has 0 rings (SSSR count). The van der Waals surface area contributed by atoms with Crippen LogP contribution in [0.15, 0.2) is 5.10 Å². The van der Waals surface area contributed by atoms with Crippen LogP contribution in [0.5, 0.6) is 0 Å². The van der Waals surface area contributed by atoms with Crippen LogP contribution in [0.3, 0.4) is 0 Å². The summed E-state index contributed by atoms with van der Waals surface area (Å²) in [4.78, 5) is 0. The SMILES string of the molecule is C/C(N)=N/[NH-].[O]=[W].[S-][S-].[S-][S-]. The van der Waals surface area contributed by atoms with Crippen LogP contribution in [0.2, 0.25) is 0 Å². The molecule has 0 aromatic carbocycles. The van der Waals surface area contributed by atoms with Gasteiger partial charge in [0.2, 0.25) is 0 Å². The molecule has 0 saturated heterocycles. The molecule has 0 aromatic heterocycles. The molecule has 0 saturated carbocycles. The van der Waals surface area contributed by atoms with Crippen LogP contribution in [0.25, 0.3) is 5.84 Å². The van der Waals surface area contributed by atoms with Crippen molar-refractivity contribution in [2.45, 2.75) is 6.92 Å². The smallest absolute Gasteiger partial charge is 1.00 e. The summed E-state index contributed by atoms with van der Waals surface area (Å²) in [5.74, 6) is 6.42. The van der Waals surface area contributed by atoms with Crippen molar-refractivity contribution in [3.05, 3.63) is 5.84 Å². The first-order valence-corrected chi connectivity index (χ1v) is 5.60. The maximum Gasteiger partial charge on any atom is -1.00 e. The summed E-state index contributed by atoms with van der Waals surface area (Å²) in [6, 6.07) is 0. The third-order valence-corrected chi connectivity index (χ3v) is 0.176. The van der Waals surface area contributed by atoms with Gasteiger partial charge in [0.1, 0.15) is 0 Å². The quantitative estimate of drug-likeness (QED) is 0.206. The number of hydrogen-bond donors (Lipinski definition) is 1. The van der Waals surface area contributed by atoms with Gasteiger partial charge < -0.3 is 63.3 Å². The largest absolute Gasteiger partial charge is 1.00 e. The molecule has 0 atom stereocenters. The molecule has 4 nitrogen and oxygen atoms in total. The zero-order valence-electron chi connectivity index (χ0n) is 5.47. The fourth-order valence-corrected chi connectivity index (χ4v) is 0. The van der Waals surface area contributed by atoms with Gasteiger partial charge in [-0.25, -0.2) is 0 Å². The van der Waals surface area contributed by atoms with E-state index in [1.54, 1.807) is 6.92 Å². The Morgan fingerprint density at radius 1 is 1.36 bits per heavy atom. The number of nitrogens with two attached hydrogens (primary N) is 1. The van der Waals surface area contributed by atoms with E-state index in [0.717, 1.165) is 0 Å². The molecule has 0 fully saturated rings.